The topological polar surface area (TPSA) is 67.2 Å². The van der Waals surface area contributed by atoms with Crippen molar-refractivity contribution in [3.05, 3.63) is 99.9 Å². The van der Waals surface area contributed by atoms with Crippen molar-refractivity contribution in [1.82, 2.24) is 14.5 Å². The number of urea groups is 1. The maximum atomic E-state index is 14.3. The molecule has 1 heterocycles. The van der Waals surface area contributed by atoms with Crippen molar-refractivity contribution in [3.63, 3.8) is 0 Å². The summed E-state index contributed by atoms with van der Waals surface area (Å²) in [5.41, 5.74) is 3.29. The highest BCUT2D eigenvalue weighted by Crippen LogP contribution is 2.26. The highest BCUT2D eigenvalue weighted by Gasteiger charge is 2.28. The third-order valence-electron chi connectivity index (χ3n) is 6.33. The molecule has 4 aromatic rings. The number of anilines is 1. The van der Waals surface area contributed by atoms with Crippen LogP contribution in [0.2, 0.25) is 0 Å². The van der Waals surface area contributed by atoms with E-state index >= 15 is 0 Å². The molecule has 1 N–H and O–H groups in total. The first-order valence-corrected chi connectivity index (χ1v) is 12.1. The van der Waals surface area contributed by atoms with Crippen LogP contribution in [0, 0.1) is 25.6 Å². The van der Waals surface area contributed by atoms with Gasteiger partial charge >= 0.3 is 6.03 Å². The average molecular weight is 487 g/mol. The largest absolute Gasteiger partial charge is 0.322 e. The Bertz CT molecular complexity index is 1480. The summed E-state index contributed by atoms with van der Waals surface area (Å²) in [7, 11) is 0. The van der Waals surface area contributed by atoms with E-state index in [4.69, 9.17) is 4.98 Å². The van der Waals surface area contributed by atoms with Gasteiger partial charge in [-0.05, 0) is 74.2 Å². The van der Waals surface area contributed by atoms with E-state index in [0.717, 1.165) is 11.1 Å². The normalized spacial score (nSPS) is 12.1. The van der Waals surface area contributed by atoms with E-state index in [9.17, 15) is 14.0 Å². The molecule has 4 rings (SSSR count). The van der Waals surface area contributed by atoms with Crippen LogP contribution in [0.5, 0.6) is 0 Å². The van der Waals surface area contributed by atoms with Crippen molar-refractivity contribution in [2.45, 2.75) is 40.7 Å². The van der Waals surface area contributed by atoms with Gasteiger partial charge in [0.1, 0.15) is 11.6 Å². The molecule has 1 aromatic heterocycles. The van der Waals surface area contributed by atoms with Crippen molar-refractivity contribution >= 4 is 22.6 Å². The molecule has 3 aromatic carbocycles. The first-order chi connectivity index (χ1) is 17.2. The second kappa shape index (κ2) is 10.3. The molecule has 6 nitrogen and oxygen atoms in total. The Morgan fingerprint density at radius 3 is 2.39 bits per heavy atom. The number of aromatic nitrogens is 2. The van der Waals surface area contributed by atoms with Crippen LogP contribution in [0.1, 0.15) is 43.8 Å². The summed E-state index contributed by atoms with van der Waals surface area (Å²) < 4.78 is 15.9. The molecule has 186 valence electrons. The fourth-order valence-corrected chi connectivity index (χ4v) is 4.24. The number of hydrogen-bond donors (Lipinski definition) is 1. The maximum absolute atomic E-state index is 14.3. The summed E-state index contributed by atoms with van der Waals surface area (Å²) in [6.07, 6.45) is 0. The Hall–Kier alpha value is -4.00. The van der Waals surface area contributed by atoms with Crippen molar-refractivity contribution < 1.29 is 9.18 Å². The molecular formula is C29H31FN4O2. The third kappa shape index (κ3) is 5.00. The minimum atomic E-state index is -0.585. The monoisotopic (exact) mass is 486 g/mol. The lowest BCUT2D eigenvalue weighted by molar-refractivity contribution is 0.179. The molecule has 2 amide bonds. The Balaban J connectivity index is 1.87. The molecule has 7 heteroatoms. The second-order valence-corrected chi connectivity index (χ2v) is 9.53. The van der Waals surface area contributed by atoms with E-state index < -0.39 is 17.9 Å². The van der Waals surface area contributed by atoms with E-state index in [0.29, 0.717) is 29.0 Å². The van der Waals surface area contributed by atoms with Gasteiger partial charge < -0.3 is 10.2 Å². The van der Waals surface area contributed by atoms with E-state index in [1.165, 1.54) is 12.1 Å². The Kier molecular flexibility index (Phi) is 7.20. The first-order valence-electron chi connectivity index (χ1n) is 12.1. The van der Waals surface area contributed by atoms with E-state index in [1.807, 2.05) is 65.0 Å². The van der Waals surface area contributed by atoms with Gasteiger partial charge in [-0.25, -0.2) is 14.2 Å². The molecule has 1 atom stereocenters. The predicted octanol–water partition coefficient (Wildman–Crippen LogP) is 6.39. The molecule has 0 saturated heterocycles. The van der Waals surface area contributed by atoms with E-state index in [-0.39, 0.29) is 17.2 Å². The van der Waals surface area contributed by atoms with Gasteiger partial charge in [0, 0.05) is 6.54 Å². The molecule has 36 heavy (non-hydrogen) atoms. The van der Waals surface area contributed by atoms with Gasteiger partial charge in [0.05, 0.1) is 28.3 Å². The van der Waals surface area contributed by atoms with Crippen LogP contribution in [-0.4, -0.2) is 27.0 Å². The summed E-state index contributed by atoms with van der Waals surface area (Å²) >= 11 is 0. The summed E-state index contributed by atoms with van der Waals surface area (Å²) in [5, 5.41) is 3.19. The molecular weight excluding hydrogens is 455 g/mol. The summed E-state index contributed by atoms with van der Waals surface area (Å²) in [6.45, 7) is 10.2. The van der Waals surface area contributed by atoms with Crippen molar-refractivity contribution in [1.29, 1.82) is 0 Å². The summed E-state index contributed by atoms with van der Waals surface area (Å²) in [5.74, 6) is 0.0474. The molecule has 0 radical (unpaired) electrons. The highest BCUT2D eigenvalue weighted by atomic mass is 19.1. The quantitative estimate of drug-likeness (QED) is 0.343. The Labute approximate surface area is 210 Å². The van der Waals surface area contributed by atoms with Gasteiger partial charge in [0.25, 0.3) is 5.56 Å². The smallest absolute Gasteiger partial charge is 0.314 e. The third-order valence-corrected chi connectivity index (χ3v) is 6.33. The first kappa shape index (κ1) is 25.1. The predicted molar refractivity (Wildman–Crippen MR) is 142 cm³/mol. The van der Waals surface area contributed by atoms with Gasteiger partial charge in [-0.1, -0.05) is 44.2 Å². The number of para-hydroxylation sites is 2. The Morgan fingerprint density at radius 2 is 1.69 bits per heavy atom. The van der Waals surface area contributed by atoms with Crippen LogP contribution in [-0.2, 0) is 0 Å². The van der Waals surface area contributed by atoms with Gasteiger partial charge in [0.2, 0.25) is 0 Å². The minimum absolute atomic E-state index is 0.0986. The lowest BCUT2D eigenvalue weighted by atomic mass is 10.1. The zero-order valence-electron chi connectivity index (χ0n) is 21.2. The van der Waals surface area contributed by atoms with E-state index in [2.05, 4.69) is 5.32 Å². The number of nitrogens with zero attached hydrogens (tertiary/aromatic N) is 3. The molecule has 0 aliphatic heterocycles. The van der Waals surface area contributed by atoms with Crippen LogP contribution >= 0.6 is 0 Å². The zero-order chi connectivity index (χ0) is 26.0. The van der Waals surface area contributed by atoms with E-state index in [1.54, 1.807) is 33.7 Å². The molecule has 1 unspecified atom stereocenters. The molecule has 0 spiro atoms. The second-order valence-electron chi connectivity index (χ2n) is 9.53. The molecule has 0 bridgehead atoms. The van der Waals surface area contributed by atoms with Crippen molar-refractivity contribution in [3.8, 4) is 5.69 Å². The van der Waals surface area contributed by atoms with Crippen molar-refractivity contribution in [2.24, 2.45) is 5.92 Å². The summed E-state index contributed by atoms with van der Waals surface area (Å²) in [4.78, 5) is 33.7. The number of halogens is 1. The lowest BCUT2D eigenvalue weighted by Gasteiger charge is -2.32. The zero-order valence-corrected chi connectivity index (χ0v) is 21.2. The summed E-state index contributed by atoms with van der Waals surface area (Å²) in [6, 6.07) is 18.0. The average Bonchev–Trinajstić information content (AvgIpc) is 2.85. The highest BCUT2D eigenvalue weighted by molar-refractivity contribution is 5.89. The number of nitrogens with one attached hydrogen (secondary N) is 1. The van der Waals surface area contributed by atoms with Crippen LogP contribution in [0.3, 0.4) is 0 Å². The number of fused-ring (bicyclic) bond motifs is 1. The van der Waals surface area contributed by atoms with Crippen LogP contribution < -0.4 is 10.9 Å². The number of carbonyl (C=O) groups excluding carboxylic acids is 1. The van der Waals surface area contributed by atoms with Crippen molar-refractivity contribution in [2.75, 3.05) is 11.9 Å². The van der Waals surface area contributed by atoms with Gasteiger partial charge in [-0.15, -0.1) is 0 Å². The maximum Gasteiger partial charge on any atom is 0.322 e. The Morgan fingerprint density at radius 1 is 1.00 bits per heavy atom. The number of carbonyl (C=O) groups is 1. The minimum Gasteiger partial charge on any atom is -0.314 e. The molecule has 0 aliphatic rings. The number of aryl methyl sites for hydroxylation is 2. The number of hydrogen-bond acceptors (Lipinski definition) is 3. The fraction of sp³-hybridized carbons (Fsp3) is 0.276. The van der Waals surface area contributed by atoms with Gasteiger partial charge in [-0.2, -0.15) is 0 Å². The number of benzene rings is 3. The molecule has 0 fully saturated rings. The lowest BCUT2D eigenvalue weighted by Crippen LogP contribution is -2.42. The standard InChI is InChI=1S/C29H31FN4O2/c1-18(2)17-33(29(36)32-26-13-9-7-11-24(26)30)21(5)27-31-25-12-8-6-10-23(25)28(35)34(27)22-15-14-19(3)20(4)16-22/h6-16,18,21H,17H2,1-5H3,(H,32,36). The number of rotatable bonds is 6. The van der Waals surface area contributed by atoms with Gasteiger partial charge in [-0.3, -0.25) is 9.36 Å². The molecule has 0 aliphatic carbocycles. The molecule has 0 saturated carbocycles. The SMILES string of the molecule is Cc1ccc(-n2c(C(C)N(CC(C)C)C(=O)Nc3ccccc3F)nc3ccccc3c2=O)cc1C. The fourth-order valence-electron chi connectivity index (χ4n) is 4.24. The van der Waals surface area contributed by atoms with Crippen LogP contribution in [0.25, 0.3) is 16.6 Å². The van der Waals surface area contributed by atoms with Crippen LogP contribution in [0.15, 0.2) is 71.5 Å². The van der Waals surface area contributed by atoms with Gasteiger partial charge in [0.15, 0.2) is 0 Å². The number of amides is 2. The van der Waals surface area contributed by atoms with Crippen LogP contribution in [0.4, 0.5) is 14.9 Å².